The van der Waals surface area contributed by atoms with E-state index in [1.165, 1.54) is 0 Å². The van der Waals surface area contributed by atoms with E-state index in [2.05, 4.69) is 6.58 Å². The predicted molar refractivity (Wildman–Crippen MR) is 23.1 cm³/mol. The minimum atomic E-state index is -4.70. The molecule has 0 bridgehead atoms. The molecule has 0 amide bonds. The molecule has 0 unspecified atom stereocenters. The van der Waals surface area contributed by atoms with Crippen LogP contribution in [0.4, 0.5) is 4.39 Å². The molecule has 7 heteroatoms. The Morgan fingerprint density at radius 2 is 2.00 bits per heavy atom. The number of rotatable bonds is 2. The molecule has 9 heavy (non-hydrogen) atoms. The van der Waals surface area contributed by atoms with Crippen LogP contribution in [0.1, 0.15) is 0 Å². The molecule has 0 fully saturated rings. The molecule has 48 valence electrons. The summed E-state index contributed by atoms with van der Waals surface area (Å²) in [4.78, 5) is 0. The van der Waals surface area contributed by atoms with Crippen molar-refractivity contribution in [3.63, 3.8) is 0 Å². The van der Waals surface area contributed by atoms with Crippen LogP contribution in [0, 0.1) is 0 Å². The van der Waals surface area contributed by atoms with Gasteiger partial charge in [-0.2, -0.15) is 4.39 Å². The van der Waals surface area contributed by atoms with E-state index in [9.17, 15) is 17.4 Å². The first-order valence-corrected chi connectivity index (χ1v) is 2.90. The number of halogens is 1. The topological polar surface area (TPSA) is 69.2 Å². The van der Waals surface area contributed by atoms with Crippen LogP contribution in [0.3, 0.4) is 0 Å². The van der Waals surface area contributed by atoms with Crippen LogP contribution in [-0.2, 0) is 10.3 Å². The van der Waals surface area contributed by atoms with Crippen molar-refractivity contribution in [3.8, 4) is 0 Å². The molecular formula is C2H3FLiNO3S. The summed E-state index contributed by atoms with van der Waals surface area (Å²) in [5.41, 5.74) is 0. The van der Waals surface area contributed by atoms with E-state index in [1.807, 2.05) is 0 Å². The number of hydrogen-bond donors (Lipinski definition) is 1. The number of hydrogen-bond acceptors (Lipinski definition) is 3. The summed E-state index contributed by atoms with van der Waals surface area (Å²) in [6.45, 7) is 2.48. The average molecular weight is 147 g/mol. The Balaban J connectivity index is 0. The first kappa shape index (κ1) is 11.7. The molecule has 0 saturated carbocycles. The van der Waals surface area contributed by atoms with Crippen LogP contribution in [0.5, 0.6) is 0 Å². The molecule has 0 atom stereocenters. The van der Waals surface area contributed by atoms with Crippen molar-refractivity contribution in [2.75, 3.05) is 0 Å². The van der Waals surface area contributed by atoms with Crippen LogP contribution in [0.25, 0.3) is 0 Å². The van der Waals surface area contributed by atoms with Crippen LogP contribution in [0.2, 0.25) is 0 Å². The Bertz CT molecular complexity index is 188. The summed E-state index contributed by atoms with van der Waals surface area (Å²) >= 11 is 0. The van der Waals surface area contributed by atoms with Crippen molar-refractivity contribution in [2.24, 2.45) is 0 Å². The van der Waals surface area contributed by atoms with E-state index >= 15 is 0 Å². The van der Waals surface area contributed by atoms with Crippen LogP contribution in [0.15, 0.2) is 12.5 Å². The van der Waals surface area contributed by atoms with E-state index in [-0.39, 0.29) is 18.9 Å². The summed E-state index contributed by atoms with van der Waals surface area (Å²) < 4.78 is 40.7. The minimum absolute atomic E-state index is 0. The molecule has 0 radical (unpaired) electrons. The van der Waals surface area contributed by atoms with Crippen LogP contribution < -0.4 is 23.6 Å². The Morgan fingerprint density at radius 1 is 1.67 bits per heavy atom. The molecule has 4 nitrogen and oxygen atoms in total. The van der Waals surface area contributed by atoms with Crippen molar-refractivity contribution in [2.45, 2.75) is 0 Å². The van der Waals surface area contributed by atoms with Gasteiger partial charge in [-0.05, 0) is 6.58 Å². The molecular weight excluding hydrogens is 144 g/mol. The number of nitrogens with one attached hydrogen (secondary N) is 1. The third kappa shape index (κ3) is 11.5. The molecule has 0 aliphatic heterocycles. The zero-order chi connectivity index (χ0) is 6.78. The van der Waals surface area contributed by atoms with Gasteiger partial charge in [0.25, 0.3) is 0 Å². The minimum Gasteiger partial charge on any atom is -0.731 e. The molecule has 0 aromatic rings. The van der Waals surface area contributed by atoms with Gasteiger partial charge in [-0.3, -0.25) is 4.72 Å². The van der Waals surface area contributed by atoms with Gasteiger partial charge in [0.05, 0.1) is 0 Å². The molecule has 0 aromatic heterocycles. The van der Waals surface area contributed by atoms with Gasteiger partial charge in [-0.15, -0.1) is 0 Å². The third-order valence-corrected chi connectivity index (χ3v) is 0.707. The second-order valence-corrected chi connectivity index (χ2v) is 2.07. The average Bonchev–Trinajstić information content (AvgIpc) is 1.21. The van der Waals surface area contributed by atoms with Crippen molar-refractivity contribution in [1.82, 2.24) is 4.72 Å². The summed E-state index contributed by atoms with van der Waals surface area (Å²) in [5.74, 6) is -1.38. The molecule has 1 N–H and O–H groups in total. The summed E-state index contributed by atoms with van der Waals surface area (Å²) in [6, 6.07) is 0. The first-order chi connectivity index (χ1) is 3.42. The Hall–Kier alpha value is -0.0226. The van der Waals surface area contributed by atoms with Crippen molar-refractivity contribution in [1.29, 1.82) is 0 Å². The van der Waals surface area contributed by atoms with Gasteiger partial charge in [0.1, 0.15) is 0 Å². The summed E-state index contributed by atoms with van der Waals surface area (Å²) in [7, 11) is -4.70. The second kappa shape index (κ2) is 3.90. The van der Waals surface area contributed by atoms with E-state index in [4.69, 9.17) is 0 Å². The van der Waals surface area contributed by atoms with E-state index in [1.54, 1.807) is 0 Å². The van der Waals surface area contributed by atoms with E-state index in [0.29, 0.717) is 0 Å². The Morgan fingerprint density at radius 3 is 2.00 bits per heavy atom. The van der Waals surface area contributed by atoms with Gasteiger partial charge >= 0.3 is 18.9 Å². The molecule has 0 aliphatic rings. The summed E-state index contributed by atoms with van der Waals surface area (Å²) in [5, 5.41) is 0. The fourth-order valence-electron chi connectivity index (χ4n) is 0.136. The molecule has 0 aliphatic carbocycles. The van der Waals surface area contributed by atoms with Gasteiger partial charge in [0.2, 0.25) is 0 Å². The van der Waals surface area contributed by atoms with Crippen LogP contribution in [-0.4, -0.2) is 13.0 Å². The maximum absolute atomic E-state index is 11.3. The predicted octanol–water partition coefficient (Wildman–Crippen LogP) is -3.52. The standard InChI is InChI=1S/C2H4FNO3S.Li/c1-2(3)4-8(5,6)7;/h4H,1H2,(H,5,6,7);/q;+1/p-1. The fraction of sp³-hybridized carbons (Fsp3) is 0. The monoisotopic (exact) mass is 147 g/mol. The second-order valence-electron chi connectivity index (χ2n) is 0.961. The molecule has 0 rings (SSSR count). The third-order valence-electron chi connectivity index (χ3n) is 0.236. The van der Waals surface area contributed by atoms with Gasteiger partial charge in [0.15, 0.2) is 16.3 Å². The van der Waals surface area contributed by atoms with Gasteiger partial charge in [-0.25, -0.2) is 8.42 Å². The Kier molecular flexibility index (Phi) is 5.09. The van der Waals surface area contributed by atoms with Gasteiger partial charge in [-0.1, -0.05) is 0 Å². The smallest absolute Gasteiger partial charge is 0.731 e. The van der Waals surface area contributed by atoms with Crippen molar-refractivity contribution >= 4 is 10.3 Å². The first-order valence-electron chi connectivity index (χ1n) is 1.50. The fourth-order valence-corrected chi connectivity index (χ4v) is 0.407. The zero-order valence-corrected chi connectivity index (χ0v) is 5.53. The zero-order valence-electron chi connectivity index (χ0n) is 4.72. The maximum atomic E-state index is 11.3. The van der Waals surface area contributed by atoms with E-state index < -0.39 is 16.3 Å². The van der Waals surface area contributed by atoms with Crippen molar-refractivity contribution < 1.29 is 36.2 Å². The normalized spacial score (nSPS) is 9.56. The van der Waals surface area contributed by atoms with Crippen LogP contribution >= 0.6 is 0 Å². The maximum Gasteiger partial charge on any atom is 1.00 e. The van der Waals surface area contributed by atoms with Gasteiger partial charge in [0, 0.05) is 0 Å². The largest absolute Gasteiger partial charge is 1.00 e. The molecule has 0 saturated heterocycles. The Labute approximate surface area is 64.2 Å². The van der Waals surface area contributed by atoms with Crippen molar-refractivity contribution in [3.05, 3.63) is 12.5 Å². The summed E-state index contributed by atoms with van der Waals surface area (Å²) in [6.07, 6.45) is 0. The molecule has 0 spiro atoms. The van der Waals surface area contributed by atoms with E-state index in [0.717, 1.165) is 4.72 Å². The SMILES string of the molecule is C=C(F)NS(=O)(=O)[O-].[Li+]. The molecule has 0 aromatic carbocycles. The van der Waals surface area contributed by atoms with Gasteiger partial charge < -0.3 is 4.55 Å². The molecule has 0 heterocycles. The quantitative estimate of drug-likeness (QED) is 0.250.